The Labute approximate surface area is 408 Å². The first kappa shape index (κ1) is 52.1. The van der Waals surface area contributed by atoms with E-state index in [9.17, 15) is 24.3 Å². The highest BCUT2D eigenvalue weighted by atomic mass is 19.4. The van der Waals surface area contributed by atoms with Crippen LogP contribution in [0.15, 0.2) is 54.7 Å². The Morgan fingerprint density at radius 2 is 1.70 bits per heavy atom. The number of methoxy groups -OCH3 is 1. The molecule has 4 aromatic rings. The first-order chi connectivity index (χ1) is 33.0. The fraction of sp³-hybridized carbons (Fsp3) is 0.558. The molecule has 5 heterocycles. The van der Waals surface area contributed by atoms with Crippen molar-refractivity contribution in [3.05, 3.63) is 71.5 Å². The molecule has 0 aliphatic carbocycles. The average molecular weight is 976 g/mol. The predicted molar refractivity (Wildman–Crippen MR) is 260 cm³/mol. The number of fused-ring (bicyclic) bond motifs is 2. The van der Waals surface area contributed by atoms with Crippen molar-refractivity contribution in [1.29, 1.82) is 0 Å². The highest BCUT2D eigenvalue weighted by Crippen LogP contribution is 2.44. The van der Waals surface area contributed by atoms with E-state index in [1.54, 1.807) is 58.3 Å². The third-order valence-electron chi connectivity index (χ3n) is 13.4. The number of benzene rings is 2. The van der Waals surface area contributed by atoms with Crippen LogP contribution in [0.3, 0.4) is 0 Å². The molecule has 70 heavy (non-hydrogen) atoms. The standard InChI is InChI=1S/C52H68F3N7O8/c1-32(68-8)45-40(26-38(28-56-45)60-22-21-59-19-10-9-15-37(59)29-60)46-41(27-51(6,7)31-69-33(2)63)39-25-36(17-18-44(39)61(46)30-52(53,54)55)35-14-11-13-34(23-35)24-43(57-49(67)70-50(3,4)5)47(64)62-20-12-16-42(58-62)48(65)66/h11,13-14,17-18,23,25-26,28,32,37,42-43,58H,9-10,12,15-16,19-22,24,27,29-31H2,1-8H3,(H,57,67)(H,65,66)/t32-,37?,42?,43?/m0/s1. The van der Waals surface area contributed by atoms with Gasteiger partial charge in [-0.05, 0) is 107 Å². The molecule has 2 aromatic heterocycles. The monoisotopic (exact) mass is 976 g/mol. The number of anilines is 1. The van der Waals surface area contributed by atoms with Gasteiger partial charge in [0.1, 0.15) is 24.2 Å². The van der Waals surface area contributed by atoms with Crippen molar-refractivity contribution < 1.29 is 51.7 Å². The molecule has 3 fully saturated rings. The molecule has 4 atom stereocenters. The minimum absolute atomic E-state index is 0.00533. The summed E-state index contributed by atoms with van der Waals surface area (Å²) in [5.74, 6) is -2.11. The number of hydrogen-bond acceptors (Lipinski definition) is 11. The minimum Gasteiger partial charge on any atom is -0.480 e. The van der Waals surface area contributed by atoms with Crippen LogP contribution < -0.4 is 15.6 Å². The number of carboxylic acids is 1. The van der Waals surface area contributed by atoms with Crippen LogP contribution >= 0.6 is 0 Å². The second-order valence-electron chi connectivity index (χ2n) is 20.8. The molecule has 3 aliphatic heterocycles. The van der Waals surface area contributed by atoms with Crippen molar-refractivity contribution in [1.82, 2.24) is 30.2 Å². The van der Waals surface area contributed by atoms with Gasteiger partial charge in [0.05, 0.1) is 36.0 Å². The maximum Gasteiger partial charge on any atom is 0.408 e. The summed E-state index contributed by atoms with van der Waals surface area (Å²) < 4.78 is 63.3. The molecule has 3 unspecified atom stereocenters. The van der Waals surface area contributed by atoms with Gasteiger partial charge in [-0.2, -0.15) is 13.2 Å². The molecule has 7 rings (SSSR count). The summed E-state index contributed by atoms with van der Waals surface area (Å²) in [4.78, 5) is 61.0. The molecule has 3 saturated heterocycles. The Kier molecular flexibility index (Phi) is 15.9. The smallest absolute Gasteiger partial charge is 0.408 e. The Morgan fingerprint density at radius 3 is 2.40 bits per heavy atom. The van der Waals surface area contributed by atoms with E-state index in [0.29, 0.717) is 69.0 Å². The number of ether oxygens (including phenoxy) is 3. The number of nitrogens with zero attached hydrogens (tertiary/aromatic N) is 5. The van der Waals surface area contributed by atoms with E-state index in [4.69, 9.17) is 19.2 Å². The number of halogens is 3. The predicted octanol–water partition coefficient (Wildman–Crippen LogP) is 8.46. The van der Waals surface area contributed by atoms with Crippen LogP contribution in [-0.2, 0) is 48.0 Å². The Morgan fingerprint density at radius 1 is 0.943 bits per heavy atom. The molecule has 18 heteroatoms. The summed E-state index contributed by atoms with van der Waals surface area (Å²) in [6.07, 6.45) is 0.175. The van der Waals surface area contributed by atoms with E-state index in [0.717, 1.165) is 44.7 Å². The van der Waals surface area contributed by atoms with Gasteiger partial charge in [0, 0.05) is 74.6 Å². The molecule has 2 aromatic carbocycles. The van der Waals surface area contributed by atoms with Crippen molar-refractivity contribution in [3.63, 3.8) is 0 Å². The first-order valence-electron chi connectivity index (χ1n) is 24.3. The van der Waals surface area contributed by atoms with Crippen LogP contribution in [-0.4, -0.2) is 125 Å². The summed E-state index contributed by atoms with van der Waals surface area (Å²) in [7, 11) is 1.55. The van der Waals surface area contributed by atoms with Gasteiger partial charge in [-0.15, -0.1) is 0 Å². The molecular weight excluding hydrogens is 908 g/mol. The number of alkyl carbamates (subject to hydrolysis) is 1. The quantitative estimate of drug-likeness (QED) is 0.0975. The number of hydrazine groups is 1. The van der Waals surface area contributed by atoms with Crippen molar-refractivity contribution in [2.24, 2.45) is 5.41 Å². The number of carbonyl (C=O) groups is 4. The summed E-state index contributed by atoms with van der Waals surface area (Å²) in [5.41, 5.74) is 6.34. The van der Waals surface area contributed by atoms with E-state index in [2.05, 4.69) is 20.5 Å². The molecule has 0 bridgehead atoms. The Bertz CT molecular complexity index is 2560. The topological polar surface area (TPSA) is 168 Å². The number of carboxylic acid groups (broad SMARTS) is 1. The highest BCUT2D eigenvalue weighted by Gasteiger charge is 2.37. The van der Waals surface area contributed by atoms with Crippen LogP contribution in [0.25, 0.3) is 33.3 Å². The zero-order valence-electron chi connectivity index (χ0n) is 41.6. The van der Waals surface area contributed by atoms with E-state index in [1.807, 2.05) is 45.0 Å². The van der Waals surface area contributed by atoms with Crippen molar-refractivity contribution in [3.8, 4) is 22.4 Å². The fourth-order valence-electron chi connectivity index (χ4n) is 9.99. The maximum atomic E-state index is 15.0. The number of esters is 1. The molecule has 3 aliphatic rings. The van der Waals surface area contributed by atoms with Gasteiger partial charge >= 0.3 is 24.2 Å². The number of amides is 2. The van der Waals surface area contributed by atoms with Crippen LogP contribution in [0.4, 0.5) is 23.7 Å². The normalized spacial score (nSPS) is 19.1. The van der Waals surface area contributed by atoms with E-state index in [1.165, 1.54) is 22.9 Å². The lowest BCUT2D eigenvalue weighted by atomic mass is 9.84. The van der Waals surface area contributed by atoms with Crippen LogP contribution in [0.1, 0.15) is 103 Å². The van der Waals surface area contributed by atoms with E-state index < -0.39 is 65.9 Å². The summed E-state index contributed by atoms with van der Waals surface area (Å²) in [6.45, 7) is 14.5. The van der Waals surface area contributed by atoms with E-state index >= 15 is 13.2 Å². The van der Waals surface area contributed by atoms with Gasteiger partial charge in [0.15, 0.2) is 0 Å². The Hall–Kier alpha value is -5.72. The number of aromatic nitrogens is 2. The third-order valence-corrected chi connectivity index (χ3v) is 13.4. The Balaban J connectivity index is 1.35. The number of alkyl halides is 3. The number of carbonyl (C=O) groups excluding carboxylic acids is 3. The highest BCUT2D eigenvalue weighted by molar-refractivity contribution is 5.96. The lowest BCUT2D eigenvalue weighted by Crippen LogP contribution is -2.60. The number of rotatable bonds is 15. The minimum atomic E-state index is -4.62. The van der Waals surface area contributed by atoms with Crippen LogP contribution in [0.5, 0.6) is 0 Å². The molecule has 0 saturated carbocycles. The summed E-state index contributed by atoms with van der Waals surface area (Å²) in [6, 6.07) is 12.9. The van der Waals surface area contributed by atoms with Gasteiger partial charge in [0.25, 0.3) is 5.91 Å². The maximum absolute atomic E-state index is 15.0. The van der Waals surface area contributed by atoms with Gasteiger partial charge in [0.2, 0.25) is 0 Å². The molecule has 15 nitrogen and oxygen atoms in total. The lowest BCUT2D eigenvalue weighted by molar-refractivity contribution is -0.148. The molecule has 3 N–H and O–H groups in total. The number of pyridine rings is 1. The average Bonchev–Trinajstić information content (AvgIpc) is 3.58. The second kappa shape index (κ2) is 21.3. The SMILES string of the molecule is CO[C@@H](C)c1ncc(N2CCN3CCCCC3C2)cc1-c1c(CC(C)(C)COC(C)=O)c2cc(-c3cccc(CC(NC(=O)OC(C)(C)C)C(=O)N4CCCC(C(=O)O)N4)c3)ccc2n1CC(F)(F)F. The summed E-state index contributed by atoms with van der Waals surface area (Å²) >= 11 is 0. The number of piperazine rings is 1. The van der Waals surface area contributed by atoms with Gasteiger partial charge in [-0.1, -0.05) is 50.6 Å². The zero-order valence-corrected chi connectivity index (χ0v) is 41.6. The van der Waals surface area contributed by atoms with Gasteiger partial charge in [-0.3, -0.25) is 29.3 Å². The second-order valence-corrected chi connectivity index (χ2v) is 20.8. The number of piperidine rings is 1. The largest absolute Gasteiger partial charge is 0.480 e. The van der Waals surface area contributed by atoms with Gasteiger partial charge in [-0.25, -0.2) is 10.2 Å². The zero-order chi connectivity index (χ0) is 50.7. The molecule has 0 spiro atoms. The van der Waals surface area contributed by atoms with Crippen molar-refractivity contribution in [2.45, 2.75) is 136 Å². The number of hydrogen-bond donors (Lipinski definition) is 3. The lowest BCUT2D eigenvalue weighted by Gasteiger charge is -2.45. The summed E-state index contributed by atoms with van der Waals surface area (Å²) in [5, 5.41) is 14.2. The molecule has 380 valence electrons. The van der Waals surface area contributed by atoms with Crippen LogP contribution in [0.2, 0.25) is 0 Å². The molecular formula is C52H68F3N7O8. The fourth-order valence-corrected chi connectivity index (χ4v) is 9.99. The van der Waals surface area contributed by atoms with Crippen molar-refractivity contribution >= 4 is 40.5 Å². The van der Waals surface area contributed by atoms with E-state index in [-0.39, 0.29) is 26.0 Å². The van der Waals surface area contributed by atoms with Gasteiger partial charge < -0.3 is 34.1 Å². The third kappa shape index (κ3) is 12.8. The number of aliphatic carboxylic acids is 1. The first-order valence-corrected chi connectivity index (χ1v) is 24.3. The molecule has 0 radical (unpaired) electrons. The van der Waals surface area contributed by atoms with Crippen molar-refractivity contribution in [2.75, 3.05) is 51.3 Å². The van der Waals surface area contributed by atoms with Crippen LogP contribution in [0, 0.1) is 5.41 Å². The molecule has 2 amide bonds. The number of nitrogens with one attached hydrogen (secondary N) is 2.